The average Bonchev–Trinajstić information content (AvgIpc) is 2.31. The van der Waals surface area contributed by atoms with Crippen molar-refractivity contribution < 1.29 is 9.84 Å². The van der Waals surface area contributed by atoms with Gasteiger partial charge in [0.05, 0.1) is 6.61 Å². The van der Waals surface area contributed by atoms with Crippen LogP contribution in [-0.4, -0.2) is 31.4 Å². The van der Waals surface area contributed by atoms with Crippen molar-refractivity contribution >= 4 is 0 Å². The first-order chi connectivity index (χ1) is 7.86. The Hall–Kier alpha value is -1.06. The molecule has 90 valence electrons. The molecule has 1 aromatic carbocycles. The van der Waals surface area contributed by atoms with Crippen molar-refractivity contribution in [2.45, 2.75) is 19.8 Å². The lowest BCUT2D eigenvalue weighted by molar-refractivity contribution is 0.276. The van der Waals surface area contributed by atoms with Crippen LogP contribution in [0.5, 0.6) is 5.75 Å². The molecule has 0 spiro atoms. The Balaban J connectivity index is 2.21. The lowest BCUT2D eigenvalue weighted by atomic mass is 10.1. The minimum absolute atomic E-state index is 0.172. The molecule has 0 saturated carbocycles. The van der Waals surface area contributed by atoms with Gasteiger partial charge in [-0.05, 0) is 24.1 Å². The van der Waals surface area contributed by atoms with Gasteiger partial charge < -0.3 is 15.2 Å². The molecule has 0 aliphatic heterocycles. The van der Waals surface area contributed by atoms with Crippen LogP contribution in [0.25, 0.3) is 0 Å². The van der Waals surface area contributed by atoms with E-state index in [0.29, 0.717) is 13.2 Å². The number of rotatable bonds is 8. The highest BCUT2D eigenvalue weighted by Crippen LogP contribution is 2.12. The Kier molecular flexibility index (Phi) is 6.61. The Morgan fingerprint density at radius 1 is 1.19 bits per heavy atom. The quantitative estimate of drug-likeness (QED) is 0.658. The highest BCUT2D eigenvalue weighted by atomic mass is 16.5. The zero-order chi connectivity index (χ0) is 11.6. The summed E-state index contributed by atoms with van der Waals surface area (Å²) in [4.78, 5) is 0. The van der Waals surface area contributed by atoms with Gasteiger partial charge in [0.25, 0.3) is 0 Å². The van der Waals surface area contributed by atoms with E-state index in [1.165, 1.54) is 12.0 Å². The van der Waals surface area contributed by atoms with Gasteiger partial charge in [-0.15, -0.1) is 0 Å². The van der Waals surface area contributed by atoms with E-state index in [9.17, 15) is 0 Å². The van der Waals surface area contributed by atoms with Gasteiger partial charge in [0, 0.05) is 13.1 Å². The van der Waals surface area contributed by atoms with Gasteiger partial charge in [0.2, 0.25) is 0 Å². The molecule has 0 unspecified atom stereocenters. The van der Waals surface area contributed by atoms with Gasteiger partial charge >= 0.3 is 0 Å². The molecule has 0 radical (unpaired) electrons. The third-order valence-electron chi connectivity index (χ3n) is 2.30. The van der Waals surface area contributed by atoms with Crippen molar-refractivity contribution in [3.63, 3.8) is 0 Å². The number of nitrogens with one attached hydrogen (secondary N) is 1. The highest BCUT2D eigenvalue weighted by Gasteiger charge is 1.94. The van der Waals surface area contributed by atoms with Gasteiger partial charge in [-0.1, -0.05) is 25.5 Å². The molecule has 1 aromatic rings. The first-order valence-corrected chi connectivity index (χ1v) is 5.90. The molecule has 0 aliphatic rings. The molecule has 0 atom stereocenters. The van der Waals surface area contributed by atoms with Crippen LogP contribution in [0.3, 0.4) is 0 Å². The predicted molar refractivity (Wildman–Crippen MR) is 65.9 cm³/mol. The molecule has 0 heterocycles. The minimum atomic E-state index is 0.172. The van der Waals surface area contributed by atoms with Crippen molar-refractivity contribution in [1.82, 2.24) is 5.32 Å². The summed E-state index contributed by atoms with van der Waals surface area (Å²) in [5.41, 5.74) is 1.35. The van der Waals surface area contributed by atoms with Crippen LogP contribution in [0.2, 0.25) is 0 Å². The summed E-state index contributed by atoms with van der Waals surface area (Å²) in [6, 6.07) is 8.24. The molecule has 0 aliphatic carbocycles. The van der Waals surface area contributed by atoms with Crippen LogP contribution in [-0.2, 0) is 6.42 Å². The van der Waals surface area contributed by atoms with Crippen LogP contribution in [0, 0.1) is 0 Å². The number of aliphatic hydroxyl groups excluding tert-OH is 1. The zero-order valence-corrected chi connectivity index (χ0v) is 9.91. The molecule has 0 bridgehead atoms. The standard InChI is InChI=1S/C13H21NO2/c1-2-3-12-4-6-13(7-5-12)16-11-9-14-8-10-15/h4-7,14-15H,2-3,8-11H2,1H3. The second-order valence-corrected chi connectivity index (χ2v) is 3.72. The summed E-state index contributed by atoms with van der Waals surface area (Å²) in [6.07, 6.45) is 2.30. The maximum atomic E-state index is 8.56. The third kappa shape index (κ3) is 5.14. The number of benzene rings is 1. The van der Waals surface area contributed by atoms with Gasteiger partial charge in [-0.3, -0.25) is 0 Å². The lowest BCUT2D eigenvalue weighted by Crippen LogP contribution is -2.23. The molecule has 16 heavy (non-hydrogen) atoms. The molecule has 0 saturated heterocycles. The van der Waals surface area contributed by atoms with Crippen molar-refractivity contribution in [3.8, 4) is 5.75 Å². The third-order valence-corrected chi connectivity index (χ3v) is 2.30. The summed E-state index contributed by atoms with van der Waals surface area (Å²) >= 11 is 0. The fourth-order valence-corrected chi connectivity index (χ4v) is 1.49. The Bertz CT molecular complexity index is 272. The maximum Gasteiger partial charge on any atom is 0.119 e. The molecular weight excluding hydrogens is 202 g/mol. The summed E-state index contributed by atoms with van der Waals surface area (Å²) in [5, 5.41) is 11.6. The van der Waals surface area contributed by atoms with Gasteiger partial charge in [0.15, 0.2) is 0 Å². The van der Waals surface area contributed by atoms with Crippen molar-refractivity contribution in [2.24, 2.45) is 0 Å². The number of aryl methyl sites for hydroxylation is 1. The maximum absolute atomic E-state index is 8.56. The van der Waals surface area contributed by atoms with Crippen LogP contribution in [0.4, 0.5) is 0 Å². The molecule has 0 fully saturated rings. The van der Waals surface area contributed by atoms with Crippen LogP contribution in [0.1, 0.15) is 18.9 Å². The van der Waals surface area contributed by atoms with E-state index in [1.807, 2.05) is 12.1 Å². The van der Waals surface area contributed by atoms with E-state index in [-0.39, 0.29) is 6.61 Å². The van der Waals surface area contributed by atoms with Crippen molar-refractivity contribution in [2.75, 3.05) is 26.3 Å². The number of ether oxygens (including phenoxy) is 1. The number of hydrogen-bond acceptors (Lipinski definition) is 3. The fourth-order valence-electron chi connectivity index (χ4n) is 1.49. The second kappa shape index (κ2) is 8.13. The largest absolute Gasteiger partial charge is 0.492 e. The second-order valence-electron chi connectivity index (χ2n) is 3.72. The zero-order valence-electron chi connectivity index (χ0n) is 9.91. The number of hydrogen-bond donors (Lipinski definition) is 2. The van der Waals surface area contributed by atoms with Crippen LogP contribution < -0.4 is 10.1 Å². The molecule has 2 N–H and O–H groups in total. The first kappa shape index (κ1) is 13.0. The van der Waals surface area contributed by atoms with E-state index < -0.39 is 0 Å². The average molecular weight is 223 g/mol. The molecule has 3 heteroatoms. The molecule has 0 aromatic heterocycles. The normalized spacial score (nSPS) is 10.4. The monoisotopic (exact) mass is 223 g/mol. The Labute approximate surface area is 97.4 Å². The van der Waals surface area contributed by atoms with Gasteiger partial charge in [-0.25, -0.2) is 0 Å². The van der Waals surface area contributed by atoms with E-state index >= 15 is 0 Å². The smallest absolute Gasteiger partial charge is 0.119 e. The predicted octanol–water partition coefficient (Wildman–Crippen LogP) is 1.60. The van der Waals surface area contributed by atoms with E-state index in [4.69, 9.17) is 9.84 Å². The number of aliphatic hydroxyl groups is 1. The topological polar surface area (TPSA) is 41.5 Å². The van der Waals surface area contributed by atoms with E-state index in [0.717, 1.165) is 18.7 Å². The fraction of sp³-hybridized carbons (Fsp3) is 0.538. The first-order valence-electron chi connectivity index (χ1n) is 5.90. The Morgan fingerprint density at radius 3 is 2.56 bits per heavy atom. The molecular formula is C13H21NO2. The summed E-state index contributed by atoms with van der Waals surface area (Å²) in [6.45, 7) is 4.37. The Morgan fingerprint density at radius 2 is 1.94 bits per heavy atom. The van der Waals surface area contributed by atoms with E-state index in [1.54, 1.807) is 0 Å². The van der Waals surface area contributed by atoms with E-state index in [2.05, 4.69) is 24.4 Å². The lowest BCUT2D eigenvalue weighted by Gasteiger charge is -2.07. The summed E-state index contributed by atoms with van der Waals surface area (Å²) in [7, 11) is 0. The van der Waals surface area contributed by atoms with Gasteiger partial charge in [-0.2, -0.15) is 0 Å². The highest BCUT2D eigenvalue weighted by molar-refractivity contribution is 5.27. The summed E-state index contributed by atoms with van der Waals surface area (Å²) in [5.74, 6) is 0.908. The van der Waals surface area contributed by atoms with Crippen molar-refractivity contribution in [3.05, 3.63) is 29.8 Å². The van der Waals surface area contributed by atoms with Crippen LogP contribution >= 0.6 is 0 Å². The van der Waals surface area contributed by atoms with Crippen LogP contribution in [0.15, 0.2) is 24.3 Å². The summed E-state index contributed by atoms with van der Waals surface area (Å²) < 4.78 is 5.54. The van der Waals surface area contributed by atoms with Crippen molar-refractivity contribution in [1.29, 1.82) is 0 Å². The SMILES string of the molecule is CCCc1ccc(OCCNCCO)cc1. The molecule has 1 rings (SSSR count). The molecule has 3 nitrogen and oxygen atoms in total. The molecule has 0 amide bonds. The van der Waals surface area contributed by atoms with Gasteiger partial charge in [0.1, 0.15) is 12.4 Å². The minimum Gasteiger partial charge on any atom is -0.492 e.